The number of imidazole rings is 1. The summed E-state index contributed by atoms with van der Waals surface area (Å²) < 4.78 is 92.2. The zero-order chi connectivity index (χ0) is 54.9. The fraction of sp³-hybridized carbons (Fsp3) is 0.259. The molecule has 23 heteroatoms. The highest BCUT2D eigenvalue weighted by atomic mass is 32.2. The van der Waals surface area contributed by atoms with Crippen molar-refractivity contribution in [3.05, 3.63) is 156 Å². The van der Waals surface area contributed by atoms with Crippen molar-refractivity contribution in [3.8, 4) is 39.8 Å². The smallest absolute Gasteiger partial charge is 0.407 e. The Kier molecular flexibility index (Phi) is 16.7. The molecular weight excluding hydrogens is 1030 g/mol. The van der Waals surface area contributed by atoms with Crippen LogP contribution in [-0.4, -0.2) is 109 Å². The molecule has 1 atom stereocenters. The van der Waals surface area contributed by atoms with Gasteiger partial charge in [-0.15, -0.1) is 10.2 Å². The lowest BCUT2D eigenvalue weighted by Crippen LogP contribution is -2.49. The lowest BCUT2D eigenvalue weighted by atomic mass is 9.98. The van der Waals surface area contributed by atoms with Crippen LogP contribution in [0.4, 0.5) is 15.5 Å². The number of nitrogen functional groups attached to an aromatic ring is 1. The van der Waals surface area contributed by atoms with Crippen molar-refractivity contribution in [1.29, 1.82) is 0 Å². The molecule has 0 aliphatic heterocycles. The van der Waals surface area contributed by atoms with E-state index < -0.39 is 65.8 Å². The first-order chi connectivity index (χ1) is 36.8. The van der Waals surface area contributed by atoms with Crippen molar-refractivity contribution in [1.82, 2.24) is 45.1 Å². The monoisotopic (exact) mass is 1090 g/mol. The predicted octanol–water partition coefficient (Wildman–Crippen LogP) is 7.52. The van der Waals surface area contributed by atoms with Gasteiger partial charge in [-0.2, -0.15) is 9.10 Å². The second-order valence-corrected chi connectivity index (χ2v) is 22.5. The van der Waals surface area contributed by atoms with Crippen LogP contribution < -0.4 is 30.6 Å². The molecule has 2 heterocycles. The van der Waals surface area contributed by atoms with Crippen LogP contribution in [0, 0.1) is 0 Å². The number of hydrogen-bond acceptors (Lipinski definition) is 16. The summed E-state index contributed by atoms with van der Waals surface area (Å²) in [5, 5.41) is 18.7. The number of hydrogen-bond donors (Lipinski definition) is 4. The highest BCUT2D eigenvalue weighted by molar-refractivity contribution is 7.93. The number of methoxy groups -OCH3 is 3. The van der Waals surface area contributed by atoms with Gasteiger partial charge in [0, 0.05) is 25.2 Å². The number of alkyl carbamates (subject to hydrolysis) is 2. The Labute approximate surface area is 445 Å². The summed E-state index contributed by atoms with van der Waals surface area (Å²) >= 11 is 0. The lowest BCUT2D eigenvalue weighted by Gasteiger charge is -2.27. The van der Waals surface area contributed by atoms with E-state index in [1.54, 1.807) is 143 Å². The molecule has 0 bridgehead atoms. The third-order valence-electron chi connectivity index (χ3n) is 11.9. The number of tetrazole rings is 1. The van der Waals surface area contributed by atoms with E-state index in [1.165, 1.54) is 31.1 Å². The molecular formula is C54H58N10O11S2. The SMILES string of the molecule is COc1ccc(CN(Cc2ccc(OC)cc2)S(=O)(=O)c2c(S(=O)(=O)C[C@H](CNC(=O)OCc3ccccc3)NC(=O)OC(C)(C)C)ccc(-c3cccc4[nH]c(N)nc34)c2-c2nnn(Cc3ccc(OC)cc3)n2)cc1. The van der Waals surface area contributed by atoms with E-state index in [4.69, 9.17) is 34.5 Å². The normalized spacial score (nSPS) is 12.2. The van der Waals surface area contributed by atoms with Crippen LogP contribution in [0.25, 0.3) is 33.5 Å². The zero-order valence-electron chi connectivity index (χ0n) is 43.1. The molecule has 0 saturated carbocycles. The molecule has 77 heavy (non-hydrogen) atoms. The average molecular weight is 1090 g/mol. The minimum absolute atomic E-state index is 0.0656. The van der Waals surface area contributed by atoms with Crippen LogP contribution in [0.5, 0.6) is 17.2 Å². The van der Waals surface area contributed by atoms with Crippen molar-refractivity contribution in [3.63, 3.8) is 0 Å². The number of nitrogens with one attached hydrogen (secondary N) is 3. The number of amides is 2. The minimum atomic E-state index is -5.09. The van der Waals surface area contributed by atoms with Gasteiger partial charge < -0.3 is 45.0 Å². The number of carbonyl (C=O) groups is 2. The second-order valence-electron chi connectivity index (χ2n) is 18.7. The topological polar surface area (TPSA) is 274 Å². The number of sulfonamides is 1. The van der Waals surface area contributed by atoms with Gasteiger partial charge in [0.1, 0.15) is 34.4 Å². The molecule has 0 aliphatic carbocycles. The number of carbonyl (C=O) groups excluding carboxylic acids is 2. The maximum Gasteiger partial charge on any atom is 0.407 e. The fourth-order valence-corrected chi connectivity index (χ4v) is 12.2. The Balaban J connectivity index is 1.33. The molecule has 6 aromatic carbocycles. The highest BCUT2D eigenvalue weighted by Gasteiger charge is 2.39. The van der Waals surface area contributed by atoms with Crippen molar-refractivity contribution in [2.75, 3.05) is 39.4 Å². The van der Waals surface area contributed by atoms with Gasteiger partial charge in [0.25, 0.3) is 0 Å². The number of benzene rings is 6. The number of ether oxygens (including phenoxy) is 5. The molecule has 8 rings (SSSR count). The van der Waals surface area contributed by atoms with Crippen LogP contribution in [-0.2, 0) is 55.6 Å². The fourth-order valence-electron chi connectivity index (χ4n) is 8.27. The van der Waals surface area contributed by atoms with Crippen LogP contribution in [0.15, 0.2) is 143 Å². The second kappa shape index (κ2) is 23.6. The van der Waals surface area contributed by atoms with Gasteiger partial charge in [-0.25, -0.2) is 31.4 Å². The summed E-state index contributed by atoms with van der Waals surface area (Å²) in [5.41, 5.74) is 8.75. The van der Waals surface area contributed by atoms with Gasteiger partial charge in [-0.05, 0) is 102 Å². The van der Waals surface area contributed by atoms with E-state index in [9.17, 15) is 9.59 Å². The summed E-state index contributed by atoms with van der Waals surface area (Å²) in [7, 11) is -5.45. The molecule has 8 aromatic rings. The quantitative estimate of drug-likeness (QED) is 0.0541. The van der Waals surface area contributed by atoms with Gasteiger partial charge in [0.15, 0.2) is 15.8 Å². The molecule has 402 valence electrons. The van der Waals surface area contributed by atoms with Crippen LogP contribution in [0.1, 0.15) is 43.0 Å². The van der Waals surface area contributed by atoms with Crippen LogP contribution >= 0.6 is 0 Å². The molecule has 0 unspecified atom stereocenters. The number of H-pyrrole nitrogens is 1. The number of aromatic nitrogens is 6. The Morgan fingerprint density at radius 2 is 1.31 bits per heavy atom. The summed E-state index contributed by atoms with van der Waals surface area (Å²) in [6.07, 6.45) is -1.92. The van der Waals surface area contributed by atoms with Crippen molar-refractivity contribution in [2.24, 2.45) is 0 Å². The molecule has 0 fully saturated rings. The number of nitrogens with zero attached hydrogens (tertiary/aromatic N) is 6. The largest absolute Gasteiger partial charge is 0.497 e. The van der Waals surface area contributed by atoms with E-state index >= 15 is 16.8 Å². The van der Waals surface area contributed by atoms with Gasteiger partial charge in [-0.1, -0.05) is 84.9 Å². The minimum Gasteiger partial charge on any atom is -0.497 e. The predicted molar refractivity (Wildman–Crippen MR) is 287 cm³/mol. The standard InChI is InChI=1S/C54H58N10O11S2/c1-54(2,3)75-53(66)57-39(29-56-52(65)74-33-38-11-8-7-9-12-38)34-76(67,68)46-28-27-43(44-13-10-14-45-48(44)59-51(55)58-45)47(50-60-62-64(61-50)32-37-19-25-42(73-6)26-20-37)49(46)77(69,70)63(30-35-15-21-40(71-4)22-16-35)31-36-17-23-41(72-5)24-18-36/h7-28,39H,29-34H2,1-6H3,(H,56,65)(H,57,66)(H3,55,58,59)/t39-/m0/s1. The summed E-state index contributed by atoms with van der Waals surface area (Å²) in [5.74, 6) is 0.495. The first kappa shape index (κ1) is 54.7. The molecule has 21 nitrogen and oxygen atoms in total. The molecule has 0 spiro atoms. The number of fused-ring (bicyclic) bond motifs is 1. The first-order valence-corrected chi connectivity index (χ1v) is 27.2. The maximum atomic E-state index is 16.4. The third-order valence-corrected chi connectivity index (χ3v) is 15.8. The Hall–Kier alpha value is -8.54. The molecule has 2 amide bonds. The van der Waals surface area contributed by atoms with Gasteiger partial charge >= 0.3 is 12.2 Å². The zero-order valence-corrected chi connectivity index (χ0v) is 44.7. The van der Waals surface area contributed by atoms with E-state index in [2.05, 4.69) is 30.9 Å². The average Bonchev–Trinajstić information content (AvgIpc) is 4.22. The maximum absolute atomic E-state index is 16.4. The number of anilines is 1. The molecule has 0 aliphatic rings. The van der Waals surface area contributed by atoms with Gasteiger partial charge in [-0.3, -0.25) is 0 Å². The molecule has 5 N–H and O–H groups in total. The lowest BCUT2D eigenvalue weighted by molar-refractivity contribution is 0.0507. The Morgan fingerprint density at radius 3 is 1.90 bits per heavy atom. The Morgan fingerprint density at radius 1 is 0.714 bits per heavy atom. The first-order valence-electron chi connectivity index (χ1n) is 24.1. The highest BCUT2D eigenvalue weighted by Crippen LogP contribution is 2.43. The number of sulfone groups is 1. The molecule has 0 saturated heterocycles. The van der Waals surface area contributed by atoms with Crippen molar-refractivity contribution >= 4 is 49.0 Å². The summed E-state index contributed by atoms with van der Waals surface area (Å²) in [6, 6.07) is 35.8. The van der Waals surface area contributed by atoms with Crippen molar-refractivity contribution < 1.29 is 50.1 Å². The van der Waals surface area contributed by atoms with E-state index in [1.807, 2.05) is 6.07 Å². The summed E-state index contributed by atoms with van der Waals surface area (Å²) in [4.78, 5) is 34.0. The van der Waals surface area contributed by atoms with Crippen molar-refractivity contribution in [2.45, 2.75) is 68.4 Å². The van der Waals surface area contributed by atoms with E-state index in [0.717, 1.165) is 9.87 Å². The number of rotatable bonds is 21. The van der Waals surface area contributed by atoms with Crippen LogP contribution in [0.2, 0.25) is 0 Å². The number of aromatic amines is 1. The van der Waals surface area contributed by atoms with E-state index in [-0.39, 0.29) is 49.1 Å². The Bertz CT molecular complexity index is 3520. The summed E-state index contributed by atoms with van der Waals surface area (Å²) in [6.45, 7) is 3.79. The van der Waals surface area contributed by atoms with Crippen LogP contribution in [0.3, 0.4) is 0 Å². The van der Waals surface area contributed by atoms with E-state index in [0.29, 0.717) is 50.5 Å². The number of para-hydroxylation sites is 1. The van der Waals surface area contributed by atoms with Gasteiger partial charge in [0.2, 0.25) is 15.8 Å². The third kappa shape index (κ3) is 13.7. The molecule has 2 aromatic heterocycles. The van der Waals surface area contributed by atoms with Gasteiger partial charge in [0.05, 0.1) is 61.2 Å². The number of nitrogens with two attached hydrogens (primary N) is 1. The molecule has 0 radical (unpaired) electrons.